The quantitative estimate of drug-likeness (QED) is 0.799. The van der Waals surface area contributed by atoms with Crippen LogP contribution in [0.5, 0.6) is 0 Å². The number of benzene rings is 1. The van der Waals surface area contributed by atoms with Crippen molar-refractivity contribution < 1.29 is 4.74 Å². The molecule has 0 saturated heterocycles. The van der Waals surface area contributed by atoms with Crippen molar-refractivity contribution in [1.82, 2.24) is 5.32 Å². The molecule has 0 heterocycles. The Hall–Kier alpha value is -0.510. The summed E-state index contributed by atoms with van der Waals surface area (Å²) in [5.41, 5.74) is 1.61. The average Bonchev–Trinajstić information content (AvgIpc) is 2.34. The minimum absolute atomic E-state index is 0.229. The Morgan fingerprint density at radius 3 is 2.28 bits per heavy atom. The second-order valence-corrected chi connectivity index (χ2v) is 6.62. The average molecular weight is 267 g/mol. The van der Waals surface area contributed by atoms with Gasteiger partial charge in [0.1, 0.15) is 0 Å². The van der Waals surface area contributed by atoms with E-state index in [9.17, 15) is 0 Å². The van der Waals surface area contributed by atoms with E-state index in [1.165, 1.54) is 10.5 Å². The Bertz CT molecular complexity index is 343. The third-order valence-electron chi connectivity index (χ3n) is 2.95. The molecule has 3 heteroatoms. The first-order valence-corrected chi connectivity index (χ1v) is 7.35. The number of methoxy groups -OCH3 is 1. The molecule has 0 aliphatic carbocycles. The van der Waals surface area contributed by atoms with E-state index in [4.69, 9.17) is 4.74 Å². The van der Waals surface area contributed by atoms with E-state index in [1.54, 1.807) is 7.11 Å². The molecule has 102 valence electrons. The van der Waals surface area contributed by atoms with Gasteiger partial charge >= 0.3 is 0 Å². The fourth-order valence-electron chi connectivity index (χ4n) is 1.66. The minimum atomic E-state index is 0.229. The summed E-state index contributed by atoms with van der Waals surface area (Å²) < 4.78 is 5.17. The van der Waals surface area contributed by atoms with Crippen LogP contribution in [0.2, 0.25) is 0 Å². The predicted octanol–water partition coefficient (Wildman–Crippen LogP) is 3.31. The van der Waals surface area contributed by atoms with Crippen molar-refractivity contribution in [2.75, 3.05) is 26.5 Å². The van der Waals surface area contributed by atoms with Crippen molar-refractivity contribution in [3.63, 3.8) is 0 Å². The number of rotatable bonds is 6. The second-order valence-electron chi connectivity index (χ2n) is 5.53. The molecule has 0 spiro atoms. The number of hydrogen-bond donors (Lipinski definition) is 1. The van der Waals surface area contributed by atoms with Crippen LogP contribution in [-0.2, 0) is 10.2 Å². The van der Waals surface area contributed by atoms with Gasteiger partial charge in [-0.2, -0.15) is 0 Å². The molecule has 0 aliphatic rings. The van der Waals surface area contributed by atoms with Crippen LogP contribution in [-0.4, -0.2) is 32.6 Å². The zero-order valence-electron chi connectivity index (χ0n) is 12.1. The van der Waals surface area contributed by atoms with Gasteiger partial charge < -0.3 is 10.1 Å². The minimum Gasteiger partial charge on any atom is -0.383 e. The molecule has 0 fully saturated rings. The Balaban J connectivity index is 2.53. The van der Waals surface area contributed by atoms with E-state index in [2.05, 4.69) is 50.4 Å². The maximum absolute atomic E-state index is 5.17. The summed E-state index contributed by atoms with van der Waals surface area (Å²) in [5, 5.41) is 3.26. The summed E-state index contributed by atoms with van der Waals surface area (Å²) in [6.45, 7) is 7.48. The molecule has 1 rings (SSSR count). The Kier molecular flexibility index (Phi) is 6.19. The van der Waals surface area contributed by atoms with Gasteiger partial charge in [0, 0.05) is 23.8 Å². The smallest absolute Gasteiger partial charge is 0.0623 e. The fraction of sp³-hybridized carbons (Fsp3) is 0.600. The van der Waals surface area contributed by atoms with Crippen LogP contribution >= 0.6 is 11.8 Å². The standard InChI is InChI=1S/C15H25NOS/c1-15(2,3)12-6-8-14(9-7-12)18-11-13(16-4)10-17-5/h6-9,13,16H,10-11H2,1-5H3. The molecule has 0 bridgehead atoms. The molecule has 0 radical (unpaired) electrons. The highest BCUT2D eigenvalue weighted by atomic mass is 32.2. The molecule has 2 nitrogen and oxygen atoms in total. The van der Waals surface area contributed by atoms with E-state index in [-0.39, 0.29) is 5.41 Å². The molecule has 18 heavy (non-hydrogen) atoms. The van der Waals surface area contributed by atoms with Gasteiger partial charge in [0.05, 0.1) is 6.61 Å². The summed E-state index contributed by atoms with van der Waals surface area (Å²) >= 11 is 1.87. The first-order chi connectivity index (χ1) is 8.47. The number of nitrogens with one attached hydrogen (secondary N) is 1. The van der Waals surface area contributed by atoms with Gasteiger partial charge in [-0.25, -0.2) is 0 Å². The molecule has 1 atom stereocenters. The predicted molar refractivity (Wildman–Crippen MR) is 80.6 cm³/mol. The van der Waals surface area contributed by atoms with Crippen molar-refractivity contribution in [1.29, 1.82) is 0 Å². The van der Waals surface area contributed by atoms with Crippen LogP contribution in [0, 0.1) is 0 Å². The van der Waals surface area contributed by atoms with Crippen LogP contribution in [0.3, 0.4) is 0 Å². The van der Waals surface area contributed by atoms with Gasteiger partial charge in [-0.3, -0.25) is 0 Å². The summed E-state index contributed by atoms with van der Waals surface area (Å²) in [4.78, 5) is 1.32. The van der Waals surface area contributed by atoms with Gasteiger partial charge in [0.25, 0.3) is 0 Å². The van der Waals surface area contributed by atoms with Crippen molar-refractivity contribution in [2.45, 2.75) is 37.1 Å². The lowest BCUT2D eigenvalue weighted by atomic mass is 9.87. The zero-order valence-corrected chi connectivity index (χ0v) is 12.9. The molecule has 1 aromatic carbocycles. The monoisotopic (exact) mass is 267 g/mol. The van der Waals surface area contributed by atoms with Crippen LogP contribution in [0.1, 0.15) is 26.3 Å². The fourth-order valence-corrected chi connectivity index (χ4v) is 2.65. The van der Waals surface area contributed by atoms with E-state index in [0.29, 0.717) is 6.04 Å². The lowest BCUT2D eigenvalue weighted by Crippen LogP contribution is -2.32. The Morgan fingerprint density at radius 2 is 1.83 bits per heavy atom. The first kappa shape index (κ1) is 15.5. The van der Waals surface area contributed by atoms with Crippen LogP contribution in [0.4, 0.5) is 0 Å². The van der Waals surface area contributed by atoms with E-state index < -0.39 is 0 Å². The first-order valence-electron chi connectivity index (χ1n) is 6.37. The van der Waals surface area contributed by atoms with Crippen LogP contribution in [0.25, 0.3) is 0 Å². The summed E-state index contributed by atoms with van der Waals surface area (Å²) in [7, 11) is 3.72. The van der Waals surface area contributed by atoms with E-state index in [0.717, 1.165) is 12.4 Å². The van der Waals surface area contributed by atoms with E-state index in [1.807, 2.05) is 18.8 Å². The molecular formula is C15H25NOS. The van der Waals surface area contributed by atoms with E-state index >= 15 is 0 Å². The highest BCUT2D eigenvalue weighted by molar-refractivity contribution is 7.99. The highest BCUT2D eigenvalue weighted by Crippen LogP contribution is 2.25. The molecule has 1 N–H and O–H groups in total. The van der Waals surface area contributed by atoms with Gasteiger partial charge in [0.15, 0.2) is 0 Å². The molecule has 0 aromatic heterocycles. The SMILES string of the molecule is CNC(COC)CSc1ccc(C(C)(C)C)cc1. The van der Waals surface area contributed by atoms with Crippen molar-refractivity contribution in [3.05, 3.63) is 29.8 Å². The lowest BCUT2D eigenvalue weighted by molar-refractivity contribution is 0.177. The number of likely N-dealkylation sites (N-methyl/N-ethyl adjacent to an activating group) is 1. The number of thioether (sulfide) groups is 1. The van der Waals surface area contributed by atoms with Crippen molar-refractivity contribution >= 4 is 11.8 Å². The molecule has 0 aliphatic heterocycles. The second kappa shape index (κ2) is 7.17. The third-order valence-corrected chi connectivity index (χ3v) is 4.12. The topological polar surface area (TPSA) is 21.3 Å². The number of hydrogen-bond acceptors (Lipinski definition) is 3. The molecule has 0 amide bonds. The van der Waals surface area contributed by atoms with Gasteiger partial charge in [-0.05, 0) is 30.2 Å². The Morgan fingerprint density at radius 1 is 1.22 bits per heavy atom. The summed E-state index contributed by atoms with van der Waals surface area (Å²) in [6, 6.07) is 9.29. The largest absolute Gasteiger partial charge is 0.383 e. The molecule has 1 aromatic rings. The van der Waals surface area contributed by atoms with Gasteiger partial charge in [-0.15, -0.1) is 11.8 Å². The van der Waals surface area contributed by atoms with Crippen molar-refractivity contribution in [2.24, 2.45) is 0 Å². The summed E-state index contributed by atoms with van der Waals surface area (Å²) in [6.07, 6.45) is 0. The Labute approximate surface area is 116 Å². The zero-order chi connectivity index (χ0) is 13.6. The highest BCUT2D eigenvalue weighted by Gasteiger charge is 2.13. The normalized spacial score (nSPS) is 13.6. The maximum Gasteiger partial charge on any atom is 0.0623 e. The number of ether oxygens (including phenoxy) is 1. The summed E-state index contributed by atoms with van der Waals surface area (Å²) in [5.74, 6) is 1.03. The van der Waals surface area contributed by atoms with Gasteiger partial charge in [-0.1, -0.05) is 32.9 Å². The van der Waals surface area contributed by atoms with Crippen LogP contribution < -0.4 is 5.32 Å². The lowest BCUT2D eigenvalue weighted by Gasteiger charge is -2.19. The van der Waals surface area contributed by atoms with Gasteiger partial charge in [0.2, 0.25) is 0 Å². The molecule has 1 unspecified atom stereocenters. The maximum atomic E-state index is 5.17. The van der Waals surface area contributed by atoms with Crippen LogP contribution in [0.15, 0.2) is 29.2 Å². The molecular weight excluding hydrogens is 242 g/mol. The third kappa shape index (κ3) is 5.01. The molecule has 0 saturated carbocycles. The van der Waals surface area contributed by atoms with Crippen molar-refractivity contribution in [3.8, 4) is 0 Å².